The Hall–Kier alpha value is -3.82. The van der Waals surface area contributed by atoms with Gasteiger partial charge in [0.1, 0.15) is 5.82 Å². The highest BCUT2D eigenvalue weighted by Gasteiger charge is 2.20. The number of nitrogens with zero attached hydrogens (tertiary/aromatic N) is 4. The summed E-state index contributed by atoms with van der Waals surface area (Å²) in [5, 5.41) is 14.4. The normalized spacial score (nSPS) is 14.3. The Bertz CT molecular complexity index is 1710. The molecule has 0 saturated carbocycles. The van der Waals surface area contributed by atoms with Gasteiger partial charge in [-0.1, -0.05) is 6.07 Å². The standard InChI is InChI=1S/C27H26N6O2S/c1-17-22(7-8-25-24(17)15-31-33(25)16-18-12-28-13-18)27-23-11-26(30-14-19(23)9-10-29-27)32-20-3-5-21(6-4-20)36(2,34)35/h3-11,14-15,18,28H,12-13,16H2,1-2H3,(H,30,32). The van der Waals surface area contributed by atoms with Gasteiger partial charge in [-0.15, -0.1) is 0 Å². The SMILES string of the molecule is Cc1c(-c2nccc3cnc(Nc4ccc(S(C)(=O)=O)cc4)cc23)ccc2c1cnn2CC1CNC1. The van der Waals surface area contributed by atoms with Gasteiger partial charge >= 0.3 is 0 Å². The summed E-state index contributed by atoms with van der Waals surface area (Å²) in [4.78, 5) is 9.58. The van der Waals surface area contributed by atoms with Gasteiger partial charge in [0.25, 0.3) is 0 Å². The van der Waals surface area contributed by atoms with Crippen LogP contribution in [0.25, 0.3) is 32.9 Å². The molecule has 2 aromatic carbocycles. The van der Waals surface area contributed by atoms with E-state index in [1.807, 2.05) is 30.7 Å². The van der Waals surface area contributed by atoms with E-state index in [4.69, 9.17) is 4.98 Å². The number of nitrogens with one attached hydrogen (secondary N) is 2. The zero-order valence-electron chi connectivity index (χ0n) is 20.1. The Balaban J connectivity index is 1.37. The van der Waals surface area contributed by atoms with E-state index in [-0.39, 0.29) is 4.90 Å². The molecule has 2 N–H and O–H groups in total. The van der Waals surface area contributed by atoms with Crippen LogP contribution in [0.15, 0.2) is 72.0 Å². The Labute approximate surface area is 209 Å². The first-order valence-corrected chi connectivity index (χ1v) is 13.7. The second kappa shape index (κ2) is 8.69. The van der Waals surface area contributed by atoms with E-state index < -0.39 is 9.84 Å². The van der Waals surface area contributed by atoms with Crippen LogP contribution >= 0.6 is 0 Å². The lowest BCUT2D eigenvalue weighted by Crippen LogP contribution is -2.44. The number of anilines is 2. The van der Waals surface area contributed by atoms with Crippen molar-refractivity contribution in [3.8, 4) is 11.3 Å². The molecule has 182 valence electrons. The Morgan fingerprint density at radius 3 is 2.56 bits per heavy atom. The molecule has 4 heterocycles. The van der Waals surface area contributed by atoms with Crippen molar-refractivity contribution in [1.29, 1.82) is 0 Å². The van der Waals surface area contributed by atoms with Crippen LogP contribution < -0.4 is 10.6 Å². The highest BCUT2D eigenvalue weighted by Crippen LogP contribution is 2.34. The minimum absolute atomic E-state index is 0.282. The highest BCUT2D eigenvalue weighted by atomic mass is 32.2. The van der Waals surface area contributed by atoms with E-state index in [0.717, 1.165) is 63.8 Å². The minimum atomic E-state index is -3.24. The fourth-order valence-corrected chi connectivity index (χ4v) is 5.33. The van der Waals surface area contributed by atoms with Gasteiger partial charge in [0.05, 0.1) is 22.3 Å². The molecule has 0 radical (unpaired) electrons. The first kappa shape index (κ1) is 22.6. The first-order valence-electron chi connectivity index (χ1n) is 11.8. The number of hydrogen-bond donors (Lipinski definition) is 2. The number of aryl methyl sites for hydroxylation is 1. The summed E-state index contributed by atoms with van der Waals surface area (Å²) in [5.74, 6) is 1.29. The van der Waals surface area contributed by atoms with Gasteiger partial charge in [0.15, 0.2) is 9.84 Å². The van der Waals surface area contributed by atoms with Crippen molar-refractivity contribution in [2.75, 3.05) is 24.7 Å². The number of benzene rings is 2. The third kappa shape index (κ3) is 4.10. The van der Waals surface area contributed by atoms with E-state index in [9.17, 15) is 8.42 Å². The number of hydrogen-bond acceptors (Lipinski definition) is 7. The Morgan fingerprint density at radius 2 is 1.83 bits per heavy atom. The lowest BCUT2D eigenvalue weighted by Gasteiger charge is -2.27. The summed E-state index contributed by atoms with van der Waals surface area (Å²) in [7, 11) is -3.24. The van der Waals surface area contributed by atoms with Crippen LogP contribution in [-0.2, 0) is 16.4 Å². The van der Waals surface area contributed by atoms with Crippen molar-refractivity contribution in [2.45, 2.75) is 18.4 Å². The van der Waals surface area contributed by atoms with Crippen molar-refractivity contribution in [1.82, 2.24) is 25.1 Å². The van der Waals surface area contributed by atoms with Gasteiger partial charge < -0.3 is 10.6 Å². The largest absolute Gasteiger partial charge is 0.340 e. The third-order valence-corrected chi connectivity index (χ3v) is 7.98. The van der Waals surface area contributed by atoms with E-state index >= 15 is 0 Å². The molecule has 1 aliphatic heterocycles. The molecule has 3 aromatic heterocycles. The molecule has 9 heteroatoms. The lowest BCUT2D eigenvalue weighted by molar-refractivity contribution is 0.299. The summed E-state index contributed by atoms with van der Waals surface area (Å²) < 4.78 is 25.6. The second-order valence-electron chi connectivity index (χ2n) is 9.39. The maximum atomic E-state index is 11.7. The second-order valence-corrected chi connectivity index (χ2v) is 11.4. The number of fused-ring (bicyclic) bond motifs is 2. The third-order valence-electron chi connectivity index (χ3n) is 6.85. The van der Waals surface area contributed by atoms with Crippen LogP contribution in [-0.4, -0.2) is 47.5 Å². The van der Waals surface area contributed by atoms with Gasteiger partial charge in [-0.05, 0) is 55.0 Å². The van der Waals surface area contributed by atoms with Crippen molar-refractivity contribution in [2.24, 2.45) is 5.92 Å². The summed E-state index contributed by atoms with van der Waals surface area (Å²) >= 11 is 0. The molecular formula is C27H26N6O2S. The monoisotopic (exact) mass is 498 g/mol. The van der Waals surface area contributed by atoms with E-state index in [1.54, 1.807) is 24.3 Å². The summed E-state index contributed by atoms with van der Waals surface area (Å²) in [5.41, 5.74) is 5.00. The molecule has 0 amide bonds. The molecule has 0 spiro atoms. The number of aromatic nitrogens is 4. The smallest absolute Gasteiger partial charge is 0.175 e. The van der Waals surface area contributed by atoms with E-state index in [0.29, 0.717) is 11.7 Å². The molecular weight excluding hydrogens is 472 g/mol. The zero-order valence-corrected chi connectivity index (χ0v) is 20.9. The van der Waals surface area contributed by atoms with Crippen LogP contribution in [0.2, 0.25) is 0 Å². The zero-order chi connectivity index (χ0) is 24.9. The predicted octanol–water partition coefficient (Wildman–Crippen LogP) is 4.32. The van der Waals surface area contributed by atoms with Crippen LogP contribution in [0.5, 0.6) is 0 Å². The Kier molecular flexibility index (Phi) is 5.46. The molecule has 0 unspecified atom stereocenters. The topological polar surface area (TPSA) is 102 Å². The summed E-state index contributed by atoms with van der Waals surface area (Å²) in [6.45, 7) is 5.14. The molecule has 0 aliphatic carbocycles. The van der Waals surface area contributed by atoms with Crippen molar-refractivity contribution >= 4 is 43.0 Å². The molecule has 0 bridgehead atoms. The van der Waals surface area contributed by atoms with Gasteiger partial charge in [0, 0.05) is 71.6 Å². The van der Waals surface area contributed by atoms with Crippen molar-refractivity contribution < 1.29 is 8.42 Å². The van der Waals surface area contributed by atoms with Crippen LogP contribution in [0, 0.1) is 12.8 Å². The van der Waals surface area contributed by atoms with Gasteiger partial charge in [-0.2, -0.15) is 5.10 Å². The van der Waals surface area contributed by atoms with Crippen LogP contribution in [0.3, 0.4) is 0 Å². The lowest BCUT2D eigenvalue weighted by atomic mass is 9.98. The molecule has 5 aromatic rings. The molecule has 1 saturated heterocycles. The van der Waals surface area contributed by atoms with E-state index in [1.165, 1.54) is 6.26 Å². The number of rotatable bonds is 6. The fraction of sp³-hybridized carbons (Fsp3) is 0.222. The van der Waals surface area contributed by atoms with Crippen molar-refractivity contribution in [3.63, 3.8) is 0 Å². The summed E-state index contributed by atoms with van der Waals surface area (Å²) in [6, 6.07) is 14.9. The minimum Gasteiger partial charge on any atom is -0.340 e. The van der Waals surface area contributed by atoms with Crippen LogP contribution in [0.1, 0.15) is 5.56 Å². The number of pyridine rings is 2. The average Bonchev–Trinajstić information content (AvgIpc) is 3.25. The molecule has 1 fully saturated rings. The maximum Gasteiger partial charge on any atom is 0.175 e. The van der Waals surface area contributed by atoms with Gasteiger partial charge in [0.2, 0.25) is 0 Å². The quantitative estimate of drug-likeness (QED) is 0.359. The summed E-state index contributed by atoms with van der Waals surface area (Å²) in [6.07, 6.45) is 6.80. The first-order chi connectivity index (χ1) is 17.4. The fourth-order valence-electron chi connectivity index (χ4n) is 4.70. The number of sulfone groups is 1. The molecule has 8 nitrogen and oxygen atoms in total. The predicted molar refractivity (Wildman–Crippen MR) is 142 cm³/mol. The molecule has 1 aliphatic rings. The molecule has 0 atom stereocenters. The average molecular weight is 499 g/mol. The molecule has 6 rings (SSSR count). The van der Waals surface area contributed by atoms with E-state index in [2.05, 4.69) is 44.5 Å². The maximum absolute atomic E-state index is 11.7. The highest BCUT2D eigenvalue weighted by molar-refractivity contribution is 7.90. The van der Waals surface area contributed by atoms with Crippen LogP contribution in [0.4, 0.5) is 11.5 Å². The Morgan fingerprint density at radius 1 is 1.03 bits per heavy atom. The van der Waals surface area contributed by atoms with Gasteiger partial charge in [-0.25, -0.2) is 13.4 Å². The van der Waals surface area contributed by atoms with Crippen molar-refractivity contribution in [3.05, 3.63) is 72.7 Å². The van der Waals surface area contributed by atoms with Gasteiger partial charge in [-0.3, -0.25) is 9.67 Å². The molecule has 36 heavy (non-hydrogen) atoms.